The van der Waals surface area contributed by atoms with Crippen molar-refractivity contribution < 1.29 is 17.5 Å². The Labute approximate surface area is 114 Å². The Kier molecular flexibility index (Phi) is 4.06. The second kappa shape index (κ2) is 5.58. The summed E-state index contributed by atoms with van der Waals surface area (Å²) in [5.74, 6) is 0.169. The summed E-state index contributed by atoms with van der Waals surface area (Å²) in [6.45, 7) is 1.56. The number of benzene rings is 1. The molecule has 0 unspecified atom stereocenters. The molecule has 7 heteroatoms. The molecule has 1 heterocycles. The molecule has 0 aliphatic heterocycles. The lowest BCUT2D eigenvalue weighted by Crippen LogP contribution is -2.13. The van der Waals surface area contributed by atoms with Crippen LogP contribution in [0, 0.1) is 5.82 Å². The highest BCUT2D eigenvalue weighted by Crippen LogP contribution is 2.33. The minimum atomic E-state index is -3.28. The van der Waals surface area contributed by atoms with Crippen molar-refractivity contribution in [3.8, 4) is 10.8 Å². The topological polar surface area (TPSA) is 55.4 Å². The molecular weight excluding hydrogens is 289 g/mol. The van der Waals surface area contributed by atoms with E-state index < -0.39 is 10.0 Å². The van der Waals surface area contributed by atoms with Crippen LogP contribution in [0.2, 0.25) is 0 Å². The first-order valence-electron chi connectivity index (χ1n) is 5.52. The lowest BCUT2D eigenvalue weighted by atomic mass is 10.3. The summed E-state index contributed by atoms with van der Waals surface area (Å²) >= 11 is 1.17. The fourth-order valence-corrected chi connectivity index (χ4v) is 2.97. The molecule has 0 amide bonds. The van der Waals surface area contributed by atoms with Crippen LogP contribution < -0.4 is 9.46 Å². The first-order valence-corrected chi connectivity index (χ1v) is 7.99. The number of rotatable bonds is 5. The monoisotopic (exact) mass is 301 g/mol. The molecule has 0 aliphatic carbocycles. The highest BCUT2D eigenvalue weighted by atomic mass is 32.2. The minimum absolute atomic E-state index is 0.0129. The molecule has 1 aromatic carbocycles. The van der Waals surface area contributed by atoms with Gasteiger partial charge >= 0.3 is 0 Å². The Hall–Kier alpha value is -1.60. The number of thiophene rings is 1. The van der Waals surface area contributed by atoms with Crippen molar-refractivity contribution in [3.63, 3.8) is 0 Å². The molecule has 0 radical (unpaired) electrons. The fourth-order valence-electron chi connectivity index (χ4n) is 1.27. The van der Waals surface area contributed by atoms with Gasteiger partial charge in [-0.05, 0) is 43.3 Å². The van der Waals surface area contributed by atoms with Crippen molar-refractivity contribution in [2.24, 2.45) is 0 Å². The van der Waals surface area contributed by atoms with E-state index in [9.17, 15) is 12.8 Å². The molecule has 4 nitrogen and oxygen atoms in total. The largest absolute Gasteiger partial charge is 0.447 e. The Morgan fingerprint density at radius 1 is 1.21 bits per heavy atom. The number of hydrogen-bond donors (Lipinski definition) is 1. The molecule has 102 valence electrons. The second-order valence-electron chi connectivity index (χ2n) is 3.68. The van der Waals surface area contributed by atoms with Gasteiger partial charge in [0.2, 0.25) is 10.0 Å². The van der Waals surface area contributed by atoms with Crippen LogP contribution in [-0.2, 0) is 10.0 Å². The van der Waals surface area contributed by atoms with Crippen LogP contribution in [0.3, 0.4) is 0 Å². The predicted molar refractivity (Wildman–Crippen MR) is 73.9 cm³/mol. The Morgan fingerprint density at radius 2 is 1.89 bits per heavy atom. The van der Waals surface area contributed by atoms with E-state index in [2.05, 4.69) is 4.72 Å². The Morgan fingerprint density at radius 3 is 2.53 bits per heavy atom. The molecule has 0 fully saturated rings. The van der Waals surface area contributed by atoms with Crippen LogP contribution >= 0.6 is 11.3 Å². The zero-order valence-corrected chi connectivity index (χ0v) is 11.7. The van der Waals surface area contributed by atoms with Gasteiger partial charge in [0, 0.05) is 0 Å². The summed E-state index contributed by atoms with van der Waals surface area (Å²) in [6, 6.07) is 8.88. The van der Waals surface area contributed by atoms with Crippen molar-refractivity contribution in [1.29, 1.82) is 0 Å². The van der Waals surface area contributed by atoms with E-state index in [1.807, 2.05) is 0 Å². The molecule has 0 spiro atoms. The molecule has 0 saturated heterocycles. The number of nitrogens with one attached hydrogen (secondary N) is 1. The SMILES string of the molecule is CCS(=O)(=O)Nc1ccc(Oc2ccc(F)cc2)s1. The average molecular weight is 301 g/mol. The third kappa shape index (κ3) is 3.93. The summed E-state index contributed by atoms with van der Waals surface area (Å²) in [7, 11) is -3.28. The molecule has 2 rings (SSSR count). The van der Waals surface area contributed by atoms with Crippen molar-refractivity contribution >= 4 is 26.4 Å². The third-order valence-electron chi connectivity index (χ3n) is 2.25. The summed E-state index contributed by atoms with van der Waals surface area (Å²) in [6.07, 6.45) is 0. The van der Waals surface area contributed by atoms with Crippen molar-refractivity contribution in [3.05, 3.63) is 42.2 Å². The minimum Gasteiger partial charge on any atom is -0.447 e. The molecule has 0 aliphatic rings. The molecule has 2 aromatic rings. The number of sulfonamides is 1. The quantitative estimate of drug-likeness (QED) is 0.920. The Balaban J connectivity index is 2.07. The van der Waals surface area contributed by atoms with E-state index in [1.54, 1.807) is 19.1 Å². The van der Waals surface area contributed by atoms with Gasteiger partial charge in [-0.3, -0.25) is 4.72 Å². The van der Waals surface area contributed by atoms with E-state index in [0.29, 0.717) is 15.8 Å². The number of hydrogen-bond acceptors (Lipinski definition) is 4. The van der Waals surface area contributed by atoms with Crippen molar-refractivity contribution in [2.75, 3.05) is 10.5 Å². The summed E-state index contributed by atoms with van der Waals surface area (Å²) < 4.78 is 43.4. The van der Waals surface area contributed by atoms with E-state index >= 15 is 0 Å². The van der Waals surface area contributed by atoms with Gasteiger partial charge in [0.05, 0.1) is 5.75 Å². The van der Waals surface area contributed by atoms with Crippen molar-refractivity contribution in [2.45, 2.75) is 6.92 Å². The van der Waals surface area contributed by atoms with E-state index in [4.69, 9.17) is 4.74 Å². The van der Waals surface area contributed by atoms with Gasteiger partial charge < -0.3 is 4.74 Å². The summed E-state index contributed by atoms with van der Waals surface area (Å²) in [5, 5.41) is 1.01. The first kappa shape index (κ1) is 13.8. The van der Waals surface area contributed by atoms with Crippen LogP contribution in [0.4, 0.5) is 9.39 Å². The normalized spacial score (nSPS) is 11.3. The molecule has 1 aromatic heterocycles. The zero-order chi connectivity index (χ0) is 13.9. The molecule has 0 saturated carbocycles. The van der Waals surface area contributed by atoms with Gasteiger partial charge in [0.25, 0.3) is 0 Å². The standard InChI is InChI=1S/C12H12FNO3S2/c1-2-19(15,16)14-11-7-8-12(18-11)17-10-5-3-9(13)4-6-10/h3-8,14H,2H2,1H3. The van der Waals surface area contributed by atoms with E-state index in [1.165, 1.54) is 35.6 Å². The highest BCUT2D eigenvalue weighted by Gasteiger charge is 2.09. The smallest absolute Gasteiger partial charge is 0.233 e. The molecular formula is C12H12FNO3S2. The van der Waals surface area contributed by atoms with Crippen LogP contribution in [-0.4, -0.2) is 14.2 Å². The number of ether oxygens (including phenoxy) is 1. The molecule has 0 bridgehead atoms. The molecule has 1 N–H and O–H groups in total. The zero-order valence-electron chi connectivity index (χ0n) is 10.1. The number of anilines is 1. The van der Waals surface area contributed by atoms with Gasteiger partial charge in [-0.1, -0.05) is 11.3 Å². The maximum Gasteiger partial charge on any atom is 0.233 e. The van der Waals surface area contributed by atoms with Gasteiger partial charge in [0.15, 0.2) is 5.06 Å². The predicted octanol–water partition coefficient (Wildman–Crippen LogP) is 3.44. The van der Waals surface area contributed by atoms with Crippen LogP contribution in [0.15, 0.2) is 36.4 Å². The summed E-state index contributed by atoms with van der Waals surface area (Å²) in [5.41, 5.74) is 0. The van der Waals surface area contributed by atoms with Crippen LogP contribution in [0.25, 0.3) is 0 Å². The number of halogens is 1. The molecule has 0 atom stereocenters. The average Bonchev–Trinajstić information content (AvgIpc) is 2.79. The second-order valence-corrected chi connectivity index (χ2v) is 6.74. The van der Waals surface area contributed by atoms with Gasteiger partial charge in [0.1, 0.15) is 16.6 Å². The van der Waals surface area contributed by atoms with Gasteiger partial charge in [-0.25, -0.2) is 12.8 Å². The van der Waals surface area contributed by atoms with E-state index in [0.717, 1.165) is 0 Å². The van der Waals surface area contributed by atoms with Gasteiger partial charge in [-0.2, -0.15) is 0 Å². The highest BCUT2D eigenvalue weighted by molar-refractivity contribution is 7.92. The third-order valence-corrected chi connectivity index (χ3v) is 4.55. The van der Waals surface area contributed by atoms with Crippen LogP contribution in [0.5, 0.6) is 10.8 Å². The Bertz CT molecular complexity index is 650. The van der Waals surface area contributed by atoms with Crippen molar-refractivity contribution in [1.82, 2.24) is 0 Å². The fraction of sp³-hybridized carbons (Fsp3) is 0.167. The van der Waals surface area contributed by atoms with Crippen LogP contribution in [0.1, 0.15) is 6.92 Å². The maximum absolute atomic E-state index is 12.7. The maximum atomic E-state index is 12.7. The lowest BCUT2D eigenvalue weighted by molar-refractivity contribution is 0.494. The first-order chi connectivity index (χ1) is 8.98. The van der Waals surface area contributed by atoms with E-state index in [-0.39, 0.29) is 11.6 Å². The summed E-state index contributed by atoms with van der Waals surface area (Å²) in [4.78, 5) is 0. The lowest BCUT2D eigenvalue weighted by Gasteiger charge is -2.03. The van der Waals surface area contributed by atoms with Gasteiger partial charge in [-0.15, -0.1) is 0 Å². The molecule has 19 heavy (non-hydrogen) atoms.